The van der Waals surface area contributed by atoms with E-state index in [0.717, 1.165) is 50.4 Å². The molecule has 0 radical (unpaired) electrons. The zero-order valence-electron chi connectivity index (χ0n) is 14.6. The summed E-state index contributed by atoms with van der Waals surface area (Å²) in [4.78, 5) is 14.4. The molecule has 0 unspecified atom stereocenters. The van der Waals surface area contributed by atoms with Gasteiger partial charge in [0.1, 0.15) is 6.54 Å². The highest BCUT2D eigenvalue weighted by Crippen LogP contribution is 2.32. The minimum Gasteiger partial charge on any atom is -0.352 e. The van der Waals surface area contributed by atoms with Gasteiger partial charge in [0, 0.05) is 6.04 Å². The Kier molecular flexibility index (Phi) is 6.17. The number of halogens is 3. The fourth-order valence-corrected chi connectivity index (χ4v) is 3.64. The second-order valence-corrected chi connectivity index (χ2v) is 8.37. The molecule has 1 aromatic rings. The molecular formula is C16H22F3N3O3S. The second kappa shape index (κ2) is 7.83. The number of nitrogens with zero attached hydrogens (tertiary/aromatic N) is 2. The maximum atomic E-state index is 12.9. The molecule has 2 rings (SSSR count). The van der Waals surface area contributed by atoms with E-state index in [0.29, 0.717) is 4.31 Å². The van der Waals surface area contributed by atoms with Crippen LogP contribution in [0.15, 0.2) is 24.3 Å². The SMILES string of the molecule is CN1CCC(NC(=O)CN(c2cccc(C(F)(F)F)c2)S(C)(=O)=O)CC1. The average Bonchev–Trinajstić information content (AvgIpc) is 2.53. The summed E-state index contributed by atoms with van der Waals surface area (Å²) in [5, 5.41) is 2.76. The fourth-order valence-electron chi connectivity index (χ4n) is 2.79. The number of amides is 1. The van der Waals surface area contributed by atoms with Crippen LogP contribution in [0.1, 0.15) is 18.4 Å². The number of hydrogen-bond acceptors (Lipinski definition) is 4. The quantitative estimate of drug-likeness (QED) is 0.827. The molecule has 0 aliphatic carbocycles. The molecule has 0 aromatic heterocycles. The van der Waals surface area contributed by atoms with Crippen molar-refractivity contribution < 1.29 is 26.4 Å². The Morgan fingerprint density at radius 1 is 1.31 bits per heavy atom. The van der Waals surface area contributed by atoms with E-state index in [1.165, 1.54) is 6.07 Å². The number of hydrogen-bond donors (Lipinski definition) is 1. The van der Waals surface area contributed by atoms with Crippen molar-refractivity contribution in [3.8, 4) is 0 Å². The number of sulfonamides is 1. The highest BCUT2D eigenvalue weighted by molar-refractivity contribution is 7.92. The molecule has 10 heteroatoms. The van der Waals surface area contributed by atoms with Crippen molar-refractivity contribution in [1.82, 2.24) is 10.2 Å². The Hall–Kier alpha value is -1.81. The Labute approximate surface area is 151 Å². The van der Waals surface area contributed by atoms with Crippen molar-refractivity contribution in [1.29, 1.82) is 0 Å². The predicted molar refractivity (Wildman–Crippen MR) is 92.3 cm³/mol. The topological polar surface area (TPSA) is 69.7 Å². The van der Waals surface area contributed by atoms with E-state index in [4.69, 9.17) is 0 Å². The lowest BCUT2D eigenvalue weighted by atomic mass is 10.1. The van der Waals surface area contributed by atoms with Gasteiger partial charge in [-0.25, -0.2) is 8.42 Å². The van der Waals surface area contributed by atoms with Crippen molar-refractivity contribution in [2.45, 2.75) is 25.1 Å². The summed E-state index contributed by atoms with van der Waals surface area (Å²) >= 11 is 0. The van der Waals surface area contributed by atoms with E-state index in [-0.39, 0.29) is 11.7 Å². The normalized spacial score (nSPS) is 17.1. The fraction of sp³-hybridized carbons (Fsp3) is 0.562. The molecule has 6 nitrogen and oxygen atoms in total. The van der Waals surface area contributed by atoms with Crippen LogP contribution in [0.5, 0.6) is 0 Å². The van der Waals surface area contributed by atoms with E-state index < -0.39 is 34.2 Å². The third-order valence-corrected chi connectivity index (χ3v) is 5.37. The van der Waals surface area contributed by atoms with Crippen molar-refractivity contribution in [3.63, 3.8) is 0 Å². The van der Waals surface area contributed by atoms with Gasteiger partial charge in [0.2, 0.25) is 15.9 Å². The van der Waals surface area contributed by atoms with Gasteiger partial charge in [-0.15, -0.1) is 0 Å². The molecule has 26 heavy (non-hydrogen) atoms. The van der Waals surface area contributed by atoms with E-state index in [1.54, 1.807) is 0 Å². The highest BCUT2D eigenvalue weighted by Gasteiger charge is 2.32. The number of nitrogens with one attached hydrogen (secondary N) is 1. The molecule has 1 saturated heterocycles. The van der Waals surface area contributed by atoms with Gasteiger partial charge in [-0.3, -0.25) is 9.10 Å². The first kappa shape index (κ1) is 20.5. The lowest BCUT2D eigenvalue weighted by Gasteiger charge is -2.30. The van der Waals surface area contributed by atoms with Gasteiger partial charge in [0.25, 0.3) is 0 Å². The van der Waals surface area contributed by atoms with Crippen molar-refractivity contribution in [2.75, 3.05) is 37.2 Å². The first-order chi connectivity index (χ1) is 12.0. The third-order valence-electron chi connectivity index (χ3n) is 4.23. The van der Waals surface area contributed by atoms with Crippen LogP contribution in [0.4, 0.5) is 18.9 Å². The molecule has 0 spiro atoms. The summed E-state index contributed by atoms with van der Waals surface area (Å²) in [6, 6.07) is 3.86. The molecule has 1 N–H and O–H groups in total. The third kappa shape index (κ3) is 5.60. The minimum absolute atomic E-state index is 0.0679. The van der Waals surface area contributed by atoms with Gasteiger partial charge in [-0.2, -0.15) is 13.2 Å². The molecule has 1 aliphatic rings. The number of likely N-dealkylation sites (tertiary alicyclic amines) is 1. The largest absolute Gasteiger partial charge is 0.416 e. The molecule has 0 bridgehead atoms. The van der Waals surface area contributed by atoms with Gasteiger partial charge < -0.3 is 10.2 Å². The molecule has 146 valence electrons. The number of carbonyl (C=O) groups excluding carboxylic acids is 1. The van der Waals surface area contributed by atoms with Crippen molar-refractivity contribution in [3.05, 3.63) is 29.8 Å². The Bertz CT molecular complexity index is 745. The van der Waals surface area contributed by atoms with E-state index in [2.05, 4.69) is 10.2 Å². The van der Waals surface area contributed by atoms with Gasteiger partial charge in [0.15, 0.2) is 0 Å². The van der Waals surface area contributed by atoms with Gasteiger partial charge in [-0.1, -0.05) is 6.07 Å². The highest BCUT2D eigenvalue weighted by atomic mass is 32.2. The second-order valence-electron chi connectivity index (χ2n) is 6.46. The number of rotatable bonds is 5. The molecule has 1 heterocycles. The van der Waals surface area contributed by atoms with Gasteiger partial charge >= 0.3 is 6.18 Å². The maximum Gasteiger partial charge on any atom is 0.416 e. The molecule has 0 saturated carbocycles. The number of alkyl halides is 3. The molecule has 1 amide bonds. The number of anilines is 1. The van der Waals surface area contributed by atoms with Crippen LogP contribution in [0.2, 0.25) is 0 Å². The summed E-state index contributed by atoms with van der Waals surface area (Å²) in [7, 11) is -1.96. The number of carbonyl (C=O) groups is 1. The van der Waals surface area contributed by atoms with Gasteiger partial charge in [-0.05, 0) is 51.2 Å². The van der Waals surface area contributed by atoms with Crippen LogP contribution < -0.4 is 9.62 Å². The van der Waals surface area contributed by atoms with Crippen LogP contribution in [-0.4, -0.2) is 58.2 Å². The predicted octanol–water partition coefficient (Wildman–Crippen LogP) is 1.68. The van der Waals surface area contributed by atoms with Crippen LogP contribution in [0.25, 0.3) is 0 Å². The zero-order chi connectivity index (χ0) is 19.5. The Balaban J connectivity index is 2.15. The lowest BCUT2D eigenvalue weighted by molar-refractivity contribution is -0.137. The van der Waals surface area contributed by atoms with Crippen LogP contribution in [0, 0.1) is 0 Å². The first-order valence-corrected chi connectivity index (χ1v) is 9.94. The van der Waals surface area contributed by atoms with Gasteiger partial charge in [0.05, 0.1) is 17.5 Å². The average molecular weight is 393 g/mol. The monoisotopic (exact) mass is 393 g/mol. The molecular weight excluding hydrogens is 371 g/mol. The number of piperidine rings is 1. The summed E-state index contributed by atoms with van der Waals surface area (Å²) < 4.78 is 63.4. The number of benzene rings is 1. The first-order valence-electron chi connectivity index (χ1n) is 8.09. The van der Waals surface area contributed by atoms with Crippen LogP contribution >= 0.6 is 0 Å². The molecule has 1 fully saturated rings. The van der Waals surface area contributed by atoms with Crippen LogP contribution in [-0.2, 0) is 21.0 Å². The van der Waals surface area contributed by atoms with E-state index in [9.17, 15) is 26.4 Å². The molecule has 0 atom stereocenters. The van der Waals surface area contributed by atoms with Crippen molar-refractivity contribution in [2.24, 2.45) is 0 Å². The summed E-state index contributed by atoms with van der Waals surface area (Å²) in [5.74, 6) is -0.539. The minimum atomic E-state index is -4.60. The van der Waals surface area contributed by atoms with E-state index >= 15 is 0 Å². The lowest BCUT2D eigenvalue weighted by Crippen LogP contribution is -2.47. The smallest absolute Gasteiger partial charge is 0.352 e. The Morgan fingerprint density at radius 3 is 2.46 bits per heavy atom. The zero-order valence-corrected chi connectivity index (χ0v) is 15.4. The van der Waals surface area contributed by atoms with Crippen LogP contribution in [0.3, 0.4) is 0 Å². The summed E-state index contributed by atoms with van der Waals surface area (Å²) in [6.07, 6.45) is -2.26. The van der Waals surface area contributed by atoms with E-state index in [1.807, 2.05) is 7.05 Å². The van der Waals surface area contributed by atoms with Crippen molar-refractivity contribution >= 4 is 21.6 Å². The summed E-state index contributed by atoms with van der Waals surface area (Å²) in [6.45, 7) is 1.06. The standard InChI is InChI=1S/C16H22F3N3O3S/c1-21-8-6-13(7-9-21)20-15(23)11-22(26(2,24)25)14-5-3-4-12(10-14)16(17,18)19/h3-5,10,13H,6-9,11H2,1-2H3,(H,20,23). The Morgan fingerprint density at radius 2 is 1.92 bits per heavy atom. The summed E-state index contributed by atoms with van der Waals surface area (Å²) in [5.41, 5.74) is -1.17. The molecule has 1 aliphatic heterocycles. The maximum absolute atomic E-state index is 12.9. The molecule has 1 aromatic carbocycles.